The molecule has 6 heteroatoms. The molecule has 79 heavy (non-hydrogen) atoms. The molecule has 0 aromatic rings. The summed E-state index contributed by atoms with van der Waals surface area (Å²) in [6.45, 7) is 6.67. The Bertz CT molecular complexity index is 1270. The Labute approximate surface area is 493 Å². The normalized spacial score (nSPS) is 12.1. The number of rotatable bonds is 67. The van der Waals surface area contributed by atoms with Crippen LogP contribution in [0.3, 0.4) is 0 Å². The summed E-state index contributed by atoms with van der Waals surface area (Å²) in [6.07, 6.45) is 83.9. The summed E-state index contributed by atoms with van der Waals surface area (Å²) in [5, 5.41) is 0. The minimum atomic E-state index is -0.765. The first-order chi connectivity index (χ1) is 39.0. The number of hydrogen-bond acceptors (Lipinski definition) is 6. The number of carbonyl (C=O) groups excluding carboxylic acids is 3. The van der Waals surface area contributed by atoms with Crippen LogP contribution in [0.4, 0.5) is 0 Å². The molecule has 0 aliphatic heterocycles. The zero-order chi connectivity index (χ0) is 57.1. The van der Waals surface area contributed by atoms with Crippen molar-refractivity contribution in [1.82, 2.24) is 0 Å². The van der Waals surface area contributed by atoms with Crippen molar-refractivity contribution < 1.29 is 28.6 Å². The van der Waals surface area contributed by atoms with Crippen molar-refractivity contribution in [3.8, 4) is 0 Å². The lowest BCUT2D eigenvalue weighted by atomic mass is 10.0. The fraction of sp³-hybridized carbons (Fsp3) is 0.904. The van der Waals surface area contributed by atoms with Crippen LogP contribution in [0.2, 0.25) is 0 Å². The van der Waals surface area contributed by atoms with Crippen LogP contribution in [0.5, 0.6) is 0 Å². The Morgan fingerprint density at radius 1 is 0.253 bits per heavy atom. The van der Waals surface area contributed by atoms with Crippen LogP contribution in [0.15, 0.2) is 24.3 Å². The molecular weight excluding hydrogens is 973 g/mol. The lowest BCUT2D eigenvalue weighted by Gasteiger charge is -2.18. The number of unbranched alkanes of at least 4 members (excludes halogenated alkanes) is 52. The fourth-order valence-corrected chi connectivity index (χ4v) is 11.1. The first-order valence-corrected chi connectivity index (χ1v) is 35.8. The van der Waals surface area contributed by atoms with Crippen molar-refractivity contribution >= 4 is 17.9 Å². The van der Waals surface area contributed by atoms with Gasteiger partial charge in [0.25, 0.3) is 0 Å². The average Bonchev–Trinajstić information content (AvgIpc) is 3.45. The molecule has 0 aliphatic rings. The molecule has 0 bridgehead atoms. The summed E-state index contributed by atoms with van der Waals surface area (Å²) < 4.78 is 16.9. The van der Waals surface area contributed by atoms with E-state index in [9.17, 15) is 14.4 Å². The second kappa shape index (κ2) is 68.4. The highest BCUT2D eigenvalue weighted by molar-refractivity contribution is 5.71. The van der Waals surface area contributed by atoms with E-state index in [-0.39, 0.29) is 31.1 Å². The Balaban J connectivity index is 4.00. The monoisotopic (exact) mass is 1110 g/mol. The molecule has 466 valence electrons. The summed E-state index contributed by atoms with van der Waals surface area (Å²) in [6, 6.07) is 0. The standard InChI is InChI=1S/C73H138O6/c1-4-7-10-13-16-18-20-22-24-26-28-30-32-34-35-36-37-39-40-42-44-46-48-50-52-54-57-60-63-66-72(75)78-69-70(68-77-71(74)65-62-59-56-15-12-9-6-3)79-73(76)67-64-61-58-55-53-51-49-47-45-43-41-38-33-31-29-27-25-23-21-19-17-14-11-8-5-2/h20,22,26,28,70H,4-19,21,23-25,27,29-69H2,1-3H3/b22-20-,28-26-. The molecule has 0 spiro atoms. The van der Waals surface area contributed by atoms with Crippen LogP contribution in [0, 0.1) is 0 Å². The molecule has 0 N–H and O–H groups in total. The van der Waals surface area contributed by atoms with Gasteiger partial charge < -0.3 is 14.2 Å². The fourth-order valence-electron chi connectivity index (χ4n) is 11.1. The van der Waals surface area contributed by atoms with Gasteiger partial charge in [-0.3, -0.25) is 14.4 Å². The Kier molecular flexibility index (Phi) is 66.6. The van der Waals surface area contributed by atoms with Gasteiger partial charge in [0.2, 0.25) is 0 Å². The van der Waals surface area contributed by atoms with Gasteiger partial charge in [0, 0.05) is 19.3 Å². The van der Waals surface area contributed by atoms with E-state index >= 15 is 0 Å². The molecule has 0 saturated heterocycles. The van der Waals surface area contributed by atoms with Crippen molar-refractivity contribution in [2.45, 2.75) is 412 Å². The number of hydrogen-bond donors (Lipinski definition) is 0. The van der Waals surface area contributed by atoms with E-state index in [0.29, 0.717) is 19.3 Å². The third-order valence-electron chi connectivity index (χ3n) is 16.5. The van der Waals surface area contributed by atoms with Crippen LogP contribution >= 0.6 is 0 Å². The topological polar surface area (TPSA) is 78.9 Å². The van der Waals surface area contributed by atoms with Crippen molar-refractivity contribution in [3.63, 3.8) is 0 Å². The quantitative estimate of drug-likeness (QED) is 0.0261. The lowest BCUT2D eigenvalue weighted by Crippen LogP contribution is -2.30. The molecule has 0 fully saturated rings. The molecule has 0 amide bonds. The number of allylic oxidation sites excluding steroid dienone is 4. The molecule has 0 heterocycles. The predicted octanol–water partition coefficient (Wildman–Crippen LogP) is 24.6. The molecule has 0 aromatic heterocycles. The smallest absolute Gasteiger partial charge is 0.306 e. The van der Waals surface area contributed by atoms with Crippen molar-refractivity contribution in [2.75, 3.05) is 13.2 Å². The Hall–Kier alpha value is -2.11. The molecule has 0 radical (unpaired) electrons. The zero-order valence-electron chi connectivity index (χ0n) is 53.7. The van der Waals surface area contributed by atoms with Gasteiger partial charge in [0.05, 0.1) is 0 Å². The second-order valence-electron chi connectivity index (χ2n) is 24.5. The maximum atomic E-state index is 12.9. The van der Waals surface area contributed by atoms with E-state index < -0.39 is 6.10 Å². The first kappa shape index (κ1) is 76.9. The third-order valence-corrected chi connectivity index (χ3v) is 16.5. The van der Waals surface area contributed by atoms with E-state index in [1.54, 1.807) is 0 Å². The van der Waals surface area contributed by atoms with E-state index in [4.69, 9.17) is 14.2 Å². The summed E-state index contributed by atoms with van der Waals surface area (Å²) in [5.74, 6) is -0.840. The maximum Gasteiger partial charge on any atom is 0.306 e. The van der Waals surface area contributed by atoms with Crippen molar-refractivity contribution in [3.05, 3.63) is 24.3 Å². The molecule has 1 unspecified atom stereocenters. The summed E-state index contributed by atoms with van der Waals surface area (Å²) in [4.78, 5) is 38.2. The Morgan fingerprint density at radius 3 is 0.696 bits per heavy atom. The van der Waals surface area contributed by atoms with E-state index in [2.05, 4.69) is 45.1 Å². The van der Waals surface area contributed by atoms with Crippen LogP contribution in [0.1, 0.15) is 406 Å². The van der Waals surface area contributed by atoms with Gasteiger partial charge >= 0.3 is 17.9 Å². The third kappa shape index (κ3) is 66.6. The van der Waals surface area contributed by atoms with Crippen LogP contribution in [0.25, 0.3) is 0 Å². The minimum Gasteiger partial charge on any atom is -0.462 e. The summed E-state index contributed by atoms with van der Waals surface area (Å²) in [5.41, 5.74) is 0. The lowest BCUT2D eigenvalue weighted by molar-refractivity contribution is -0.167. The highest BCUT2D eigenvalue weighted by Gasteiger charge is 2.19. The SMILES string of the molecule is CCCCCCC/C=C\C/C=C\CCCCCCCCCCCCCCCCCCCC(=O)OCC(COC(=O)CCCCCCCCC)OC(=O)CCCCCCCCCCCCCCCCCCCCCCCCCCC. The van der Waals surface area contributed by atoms with Crippen LogP contribution in [-0.2, 0) is 28.6 Å². The zero-order valence-corrected chi connectivity index (χ0v) is 53.7. The van der Waals surface area contributed by atoms with Crippen molar-refractivity contribution in [2.24, 2.45) is 0 Å². The molecule has 0 aromatic carbocycles. The Morgan fingerprint density at radius 2 is 0.456 bits per heavy atom. The molecule has 6 nitrogen and oxygen atoms in total. The molecular formula is C73H138O6. The van der Waals surface area contributed by atoms with Crippen LogP contribution in [-0.4, -0.2) is 37.2 Å². The summed E-state index contributed by atoms with van der Waals surface area (Å²) >= 11 is 0. The maximum absolute atomic E-state index is 12.9. The van der Waals surface area contributed by atoms with E-state index in [1.165, 1.54) is 302 Å². The molecule has 0 rings (SSSR count). The van der Waals surface area contributed by atoms with Gasteiger partial charge in [-0.25, -0.2) is 0 Å². The van der Waals surface area contributed by atoms with E-state index in [0.717, 1.165) is 64.2 Å². The molecule has 1 atom stereocenters. The largest absolute Gasteiger partial charge is 0.462 e. The highest BCUT2D eigenvalue weighted by atomic mass is 16.6. The predicted molar refractivity (Wildman–Crippen MR) is 344 cm³/mol. The van der Waals surface area contributed by atoms with E-state index in [1.807, 2.05) is 0 Å². The van der Waals surface area contributed by atoms with Crippen molar-refractivity contribution in [1.29, 1.82) is 0 Å². The number of esters is 3. The molecule has 0 saturated carbocycles. The summed E-state index contributed by atoms with van der Waals surface area (Å²) in [7, 11) is 0. The highest BCUT2D eigenvalue weighted by Crippen LogP contribution is 2.19. The number of ether oxygens (including phenoxy) is 3. The minimum absolute atomic E-state index is 0.0644. The van der Waals surface area contributed by atoms with Gasteiger partial charge in [-0.1, -0.05) is 360 Å². The second-order valence-corrected chi connectivity index (χ2v) is 24.5. The number of carbonyl (C=O) groups is 3. The average molecular weight is 1110 g/mol. The van der Waals surface area contributed by atoms with Gasteiger partial charge in [0.15, 0.2) is 6.10 Å². The molecule has 0 aliphatic carbocycles. The van der Waals surface area contributed by atoms with Gasteiger partial charge in [-0.05, 0) is 51.4 Å². The van der Waals surface area contributed by atoms with Gasteiger partial charge in [-0.2, -0.15) is 0 Å². The van der Waals surface area contributed by atoms with Gasteiger partial charge in [0.1, 0.15) is 13.2 Å². The van der Waals surface area contributed by atoms with Crippen LogP contribution < -0.4 is 0 Å². The van der Waals surface area contributed by atoms with Gasteiger partial charge in [-0.15, -0.1) is 0 Å². The first-order valence-electron chi connectivity index (χ1n) is 35.8.